The van der Waals surface area contributed by atoms with Crippen LogP contribution in [0.15, 0.2) is 47.1 Å². The smallest absolute Gasteiger partial charge is 0.0309 e. The third-order valence-electron chi connectivity index (χ3n) is 2.60. The number of hydrogen-bond acceptors (Lipinski definition) is 1. The molecule has 1 atom stereocenters. The highest BCUT2D eigenvalue weighted by Gasteiger charge is 2.22. The summed E-state index contributed by atoms with van der Waals surface area (Å²) in [7, 11) is 0. The van der Waals surface area contributed by atoms with Gasteiger partial charge in [-0.1, -0.05) is 30.3 Å². The predicted octanol–water partition coefficient (Wildman–Crippen LogP) is 2.77. The van der Waals surface area contributed by atoms with E-state index < -0.39 is 0 Å². The molecule has 0 radical (unpaired) electrons. The van der Waals surface area contributed by atoms with E-state index in [0.717, 1.165) is 0 Å². The molecule has 62 valence electrons. The van der Waals surface area contributed by atoms with E-state index in [4.69, 9.17) is 0 Å². The first-order chi connectivity index (χ1) is 6.45. The number of fused-ring (bicyclic) bond motifs is 3. The zero-order valence-electron chi connectivity index (χ0n) is 7.14. The molecule has 0 fully saturated rings. The van der Waals surface area contributed by atoms with Crippen LogP contribution >= 0.6 is 0 Å². The lowest BCUT2D eigenvalue weighted by Gasteiger charge is -2.10. The van der Waals surface area contributed by atoms with Crippen LogP contribution < -0.4 is 0 Å². The number of hydrogen-bond donors (Lipinski definition) is 0. The van der Waals surface area contributed by atoms with Crippen molar-refractivity contribution in [3.63, 3.8) is 0 Å². The standard InChI is InChI=1S/C12H9N/c1-2-4-11-9(3-1)7-10-8-13-6-5-12(10)11/h1-8,12H. The molecule has 1 aromatic carbocycles. The quantitative estimate of drug-likeness (QED) is 0.563. The van der Waals surface area contributed by atoms with Crippen LogP contribution in [-0.2, 0) is 0 Å². The van der Waals surface area contributed by atoms with Gasteiger partial charge in [0, 0.05) is 18.3 Å². The van der Waals surface area contributed by atoms with Gasteiger partial charge in [0.2, 0.25) is 0 Å². The fraction of sp³-hybridized carbons (Fsp3) is 0.0833. The van der Waals surface area contributed by atoms with Crippen molar-refractivity contribution < 1.29 is 0 Å². The second kappa shape index (κ2) is 2.43. The van der Waals surface area contributed by atoms with Crippen LogP contribution in [-0.4, -0.2) is 6.21 Å². The van der Waals surface area contributed by atoms with E-state index in [1.807, 2.05) is 12.4 Å². The van der Waals surface area contributed by atoms with Gasteiger partial charge in [0.1, 0.15) is 0 Å². The van der Waals surface area contributed by atoms with E-state index >= 15 is 0 Å². The van der Waals surface area contributed by atoms with Crippen LogP contribution in [0.5, 0.6) is 0 Å². The summed E-state index contributed by atoms with van der Waals surface area (Å²) in [4.78, 5) is 4.13. The summed E-state index contributed by atoms with van der Waals surface area (Å²) >= 11 is 0. The molecule has 0 amide bonds. The zero-order chi connectivity index (χ0) is 8.67. The van der Waals surface area contributed by atoms with Crippen LogP contribution in [0, 0.1) is 0 Å². The van der Waals surface area contributed by atoms with Crippen LogP contribution in [0.2, 0.25) is 0 Å². The lowest BCUT2D eigenvalue weighted by molar-refractivity contribution is 1.06. The Kier molecular flexibility index (Phi) is 1.28. The van der Waals surface area contributed by atoms with Crippen molar-refractivity contribution in [2.45, 2.75) is 5.92 Å². The van der Waals surface area contributed by atoms with E-state index in [-0.39, 0.29) is 0 Å². The van der Waals surface area contributed by atoms with Crippen molar-refractivity contribution in [2.75, 3.05) is 0 Å². The number of aliphatic imine (C=N–C) groups is 1. The van der Waals surface area contributed by atoms with Crippen molar-refractivity contribution in [1.29, 1.82) is 0 Å². The van der Waals surface area contributed by atoms with Crippen molar-refractivity contribution in [2.24, 2.45) is 4.99 Å². The van der Waals surface area contributed by atoms with Gasteiger partial charge in [-0.2, -0.15) is 0 Å². The van der Waals surface area contributed by atoms with Crippen LogP contribution in [0.3, 0.4) is 0 Å². The number of allylic oxidation sites excluding steroid dienone is 2. The molecule has 1 unspecified atom stereocenters. The van der Waals surface area contributed by atoms with Crippen molar-refractivity contribution in [3.05, 3.63) is 53.2 Å². The Morgan fingerprint density at radius 2 is 2.08 bits per heavy atom. The lowest BCUT2D eigenvalue weighted by atomic mass is 9.95. The summed E-state index contributed by atoms with van der Waals surface area (Å²) in [6.45, 7) is 0. The topological polar surface area (TPSA) is 12.4 Å². The first-order valence-corrected chi connectivity index (χ1v) is 4.45. The predicted molar refractivity (Wildman–Crippen MR) is 54.8 cm³/mol. The second-order valence-electron chi connectivity index (χ2n) is 3.37. The van der Waals surface area contributed by atoms with Gasteiger partial charge in [0.05, 0.1) is 0 Å². The normalized spacial score (nSPS) is 22.5. The van der Waals surface area contributed by atoms with Gasteiger partial charge in [0.25, 0.3) is 0 Å². The molecular weight excluding hydrogens is 158 g/mol. The summed E-state index contributed by atoms with van der Waals surface area (Å²) < 4.78 is 0. The largest absolute Gasteiger partial charge is 0.265 e. The molecular formula is C12H9N. The molecule has 1 aromatic rings. The van der Waals surface area contributed by atoms with Gasteiger partial charge in [-0.05, 0) is 22.8 Å². The summed E-state index contributed by atoms with van der Waals surface area (Å²) in [5.74, 6) is 0.452. The minimum atomic E-state index is 0.452. The molecule has 1 aliphatic heterocycles. The third-order valence-corrected chi connectivity index (χ3v) is 2.60. The fourth-order valence-electron chi connectivity index (χ4n) is 1.97. The molecule has 1 nitrogen and oxygen atoms in total. The first-order valence-electron chi connectivity index (χ1n) is 4.45. The van der Waals surface area contributed by atoms with Crippen molar-refractivity contribution >= 4 is 12.3 Å². The number of nitrogens with zero attached hydrogens (tertiary/aromatic N) is 1. The van der Waals surface area contributed by atoms with E-state index in [0.29, 0.717) is 5.92 Å². The molecule has 2 aliphatic rings. The van der Waals surface area contributed by atoms with Gasteiger partial charge in [-0.3, -0.25) is 4.99 Å². The Labute approximate surface area is 77.1 Å². The van der Waals surface area contributed by atoms with Crippen LogP contribution in [0.4, 0.5) is 0 Å². The molecule has 0 bridgehead atoms. The fourth-order valence-corrected chi connectivity index (χ4v) is 1.97. The highest BCUT2D eigenvalue weighted by molar-refractivity contribution is 5.93. The number of rotatable bonds is 0. The molecule has 13 heavy (non-hydrogen) atoms. The minimum absolute atomic E-state index is 0.452. The Balaban J connectivity index is 2.22. The lowest BCUT2D eigenvalue weighted by Crippen LogP contribution is -1.98. The molecule has 0 aromatic heterocycles. The maximum Gasteiger partial charge on any atom is 0.0309 e. The monoisotopic (exact) mass is 167 g/mol. The maximum absolute atomic E-state index is 4.13. The van der Waals surface area contributed by atoms with Crippen molar-refractivity contribution in [1.82, 2.24) is 0 Å². The Morgan fingerprint density at radius 1 is 1.15 bits per heavy atom. The molecule has 0 saturated heterocycles. The van der Waals surface area contributed by atoms with Gasteiger partial charge >= 0.3 is 0 Å². The summed E-state index contributed by atoms with van der Waals surface area (Å²) in [6.07, 6.45) is 8.19. The van der Waals surface area contributed by atoms with Gasteiger partial charge in [-0.15, -0.1) is 0 Å². The third kappa shape index (κ3) is 0.903. The maximum atomic E-state index is 4.13. The molecule has 1 heterocycles. The first kappa shape index (κ1) is 6.84. The Hall–Kier alpha value is -1.63. The summed E-state index contributed by atoms with van der Waals surface area (Å²) in [5, 5.41) is 0. The molecule has 0 N–H and O–H groups in total. The number of benzene rings is 1. The van der Waals surface area contributed by atoms with Crippen LogP contribution in [0.1, 0.15) is 17.0 Å². The summed E-state index contributed by atoms with van der Waals surface area (Å²) in [6, 6.07) is 8.51. The summed E-state index contributed by atoms with van der Waals surface area (Å²) in [5.41, 5.74) is 4.05. The molecule has 0 saturated carbocycles. The van der Waals surface area contributed by atoms with Crippen LogP contribution in [0.25, 0.3) is 6.08 Å². The zero-order valence-corrected chi connectivity index (χ0v) is 7.14. The average molecular weight is 167 g/mol. The molecule has 3 rings (SSSR count). The highest BCUT2D eigenvalue weighted by Crippen LogP contribution is 2.37. The molecule has 0 spiro atoms. The van der Waals surface area contributed by atoms with Gasteiger partial charge in [-0.25, -0.2) is 0 Å². The van der Waals surface area contributed by atoms with Gasteiger partial charge in [0.15, 0.2) is 0 Å². The highest BCUT2D eigenvalue weighted by atomic mass is 14.7. The van der Waals surface area contributed by atoms with E-state index in [1.165, 1.54) is 16.7 Å². The average Bonchev–Trinajstić information content (AvgIpc) is 2.56. The van der Waals surface area contributed by atoms with E-state index in [9.17, 15) is 0 Å². The molecule has 1 heteroatoms. The Bertz CT molecular complexity index is 438. The SMILES string of the molecule is C1=CC2C(=Cc3ccccc32)C=N1. The van der Waals surface area contributed by atoms with E-state index in [2.05, 4.69) is 41.4 Å². The second-order valence-corrected chi connectivity index (χ2v) is 3.37. The van der Waals surface area contributed by atoms with Crippen molar-refractivity contribution in [3.8, 4) is 0 Å². The Morgan fingerprint density at radius 3 is 3.08 bits per heavy atom. The van der Waals surface area contributed by atoms with E-state index in [1.54, 1.807) is 0 Å². The van der Waals surface area contributed by atoms with Gasteiger partial charge < -0.3 is 0 Å². The minimum Gasteiger partial charge on any atom is -0.265 e. The molecule has 1 aliphatic carbocycles.